The van der Waals surface area contributed by atoms with Crippen LogP contribution in [-0.4, -0.2) is 48.1 Å². The molecule has 1 aromatic heterocycles. The van der Waals surface area contributed by atoms with Crippen molar-refractivity contribution < 1.29 is 14.3 Å². The predicted molar refractivity (Wildman–Crippen MR) is 96.3 cm³/mol. The van der Waals surface area contributed by atoms with Gasteiger partial charge in [-0.3, -0.25) is 4.79 Å². The number of hydrogen-bond donors (Lipinski definition) is 2. The summed E-state index contributed by atoms with van der Waals surface area (Å²) in [7, 11) is 0. The molecule has 0 saturated carbocycles. The minimum atomic E-state index is -0.321. The van der Waals surface area contributed by atoms with Crippen molar-refractivity contribution in [1.29, 1.82) is 0 Å². The third-order valence-electron chi connectivity index (χ3n) is 4.69. The van der Waals surface area contributed by atoms with Crippen molar-refractivity contribution in [3.63, 3.8) is 0 Å². The number of nitrogens with one attached hydrogen (secondary N) is 2. The summed E-state index contributed by atoms with van der Waals surface area (Å²) in [6, 6.07) is 8.15. The number of aromatic nitrogens is 1. The molecule has 1 aromatic carbocycles. The number of amides is 2. The van der Waals surface area contributed by atoms with E-state index in [0.29, 0.717) is 26.2 Å². The normalized spacial score (nSPS) is 17.5. The van der Waals surface area contributed by atoms with Crippen molar-refractivity contribution in [1.82, 2.24) is 15.2 Å². The molecule has 0 aliphatic carbocycles. The quantitative estimate of drug-likeness (QED) is 0.876. The number of carbonyl (C=O) groups is 2. The third kappa shape index (κ3) is 4.13. The Bertz CT molecular complexity index is 740. The average Bonchev–Trinajstić information content (AvgIpc) is 3.05. The average molecular weight is 343 g/mol. The van der Waals surface area contributed by atoms with Gasteiger partial charge < -0.3 is 19.9 Å². The number of fused-ring (bicyclic) bond motifs is 1. The minimum Gasteiger partial charge on any atom is -0.450 e. The fourth-order valence-electron chi connectivity index (χ4n) is 3.37. The fraction of sp³-hybridized carbons (Fsp3) is 0.474. The molecule has 1 saturated heterocycles. The Morgan fingerprint density at radius 1 is 1.36 bits per heavy atom. The minimum absolute atomic E-state index is 0.0221. The standard InChI is InChI=1S/C19H25N3O3/c1-2-25-19(24)22-11-5-6-15(13-22)18(23)20-10-9-14-12-21-17-8-4-3-7-16(14)17/h3-4,7-8,12,15,21H,2,5-6,9-11,13H2,1H3,(H,20,23). The number of ether oxygens (including phenoxy) is 1. The Morgan fingerprint density at radius 3 is 3.04 bits per heavy atom. The summed E-state index contributed by atoms with van der Waals surface area (Å²) in [4.78, 5) is 29.1. The van der Waals surface area contributed by atoms with Crippen LogP contribution in [0.1, 0.15) is 25.3 Å². The van der Waals surface area contributed by atoms with Crippen LogP contribution in [0.3, 0.4) is 0 Å². The highest BCUT2D eigenvalue weighted by molar-refractivity contribution is 5.83. The van der Waals surface area contributed by atoms with Gasteiger partial charge in [0.1, 0.15) is 0 Å². The van der Waals surface area contributed by atoms with Crippen LogP contribution in [0.15, 0.2) is 30.5 Å². The van der Waals surface area contributed by atoms with E-state index in [9.17, 15) is 9.59 Å². The van der Waals surface area contributed by atoms with Gasteiger partial charge >= 0.3 is 6.09 Å². The lowest BCUT2D eigenvalue weighted by molar-refractivity contribution is -0.126. The molecule has 1 unspecified atom stereocenters. The monoisotopic (exact) mass is 343 g/mol. The zero-order chi connectivity index (χ0) is 17.6. The Balaban J connectivity index is 1.49. The fourth-order valence-corrected chi connectivity index (χ4v) is 3.37. The largest absolute Gasteiger partial charge is 0.450 e. The van der Waals surface area contributed by atoms with Gasteiger partial charge in [0.05, 0.1) is 12.5 Å². The highest BCUT2D eigenvalue weighted by Crippen LogP contribution is 2.19. The predicted octanol–water partition coefficient (Wildman–Crippen LogP) is 2.70. The van der Waals surface area contributed by atoms with Gasteiger partial charge in [0.25, 0.3) is 0 Å². The Hall–Kier alpha value is -2.50. The van der Waals surface area contributed by atoms with Gasteiger partial charge in [-0.05, 0) is 37.8 Å². The first-order valence-electron chi connectivity index (χ1n) is 8.93. The van der Waals surface area contributed by atoms with Gasteiger partial charge in [0, 0.05) is 36.7 Å². The molecule has 3 rings (SSSR count). The lowest BCUT2D eigenvalue weighted by Gasteiger charge is -2.31. The molecule has 1 aliphatic heterocycles. The highest BCUT2D eigenvalue weighted by Gasteiger charge is 2.28. The maximum absolute atomic E-state index is 12.4. The number of rotatable bonds is 5. The molecule has 6 nitrogen and oxygen atoms in total. The van der Waals surface area contributed by atoms with E-state index in [-0.39, 0.29) is 17.9 Å². The van der Waals surface area contributed by atoms with Crippen LogP contribution in [0.4, 0.5) is 4.79 Å². The number of para-hydroxylation sites is 1. The van der Waals surface area contributed by atoms with Crippen LogP contribution in [0, 0.1) is 5.92 Å². The van der Waals surface area contributed by atoms with E-state index < -0.39 is 0 Å². The summed E-state index contributed by atoms with van der Waals surface area (Å²) < 4.78 is 5.03. The Kier molecular flexibility index (Phi) is 5.58. The lowest BCUT2D eigenvalue weighted by atomic mass is 9.97. The molecule has 0 bridgehead atoms. The van der Waals surface area contributed by atoms with Gasteiger partial charge in [-0.25, -0.2) is 4.79 Å². The maximum atomic E-state index is 12.4. The van der Waals surface area contributed by atoms with Crippen LogP contribution >= 0.6 is 0 Å². The topological polar surface area (TPSA) is 74.4 Å². The van der Waals surface area contributed by atoms with Gasteiger partial charge in [-0.2, -0.15) is 0 Å². The van der Waals surface area contributed by atoms with E-state index in [1.54, 1.807) is 11.8 Å². The SMILES string of the molecule is CCOC(=O)N1CCCC(C(=O)NCCc2c[nH]c3ccccc23)C1. The third-order valence-corrected chi connectivity index (χ3v) is 4.69. The van der Waals surface area contributed by atoms with Crippen LogP contribution < -0.4 is 5.32 Å². The molecule has 2 amide bonds. The molecule has 25 heavy (non-hydrogen) atoms. The molecule has 6 heteroatoms. The molecule has 0 radical (unpaired) electrons. The summed E-state index contributed by atoms with van der Waals surface area (Å²) in [6.07, 6.45) is 4.11. The number of piperidine rings is 1. The number of likely N-dealkylation sites (tertiary alicyclic amines) is 1. The lowest BCUT2D eigenvalue weighted by Crippen LogP contribution is -2.45. The molecule has 2 N–H and O–H groups in total. The number of carbonyl (C=O) groups excluding carboxylic acids is 2. The van der Waals surface area contributed by atoms with E-state index in [1.165, 1.54) is 10.9 Å². The maximum Gasteiger partial charge on any atom is 0.409 e. The molecule has 1 atom stereocenters. The zero-order valence-electron chi connectivity index (χ0n) is 14.6. The van der Waals surface area contributed by atoms with E-state index in [0.717, 1.165) is 24.8 Å². The van der Waals surface area contributed by atoms with E-state index >= 15 is 0 Å². The summed E-state index contributed by atoms with van der Waals surface area (Å²) in [6.45, 7) is 3.85. The van der Waals surface area contributed by atoms with Crippen LogP contribution in [-0.2, 0) is 16.0 Å². The molecular formula is C19H25N3O3. The number of benzene rings is 1. The summed E-state index contributed by atoms with van der Waals surface area (Å²) >= 11 is 0. The second kappa shape index (κ2) is 8.05. The van der Waals surface area contributed by atoms with Gasteiger partial charge in [-0.1, -0.05) is 18.2 Å². The number of aromatic amines is 1. The zero-order valence-corrected chi connectivity index (χ0v) is 14.6. The smallest absolute Gasteiger partial charge is 0.409 e. The summed E-state index contributed by atoms with van der Waals surface area (Å²) in [5, 5.41) is 4.21. The molecule has 2 aromatic rings. The molecule has 134 valence electrons. The van der Waals surface area contributed by atoms with E-state index in [2.05, 4.69) is 16.4 Å². The molecule has 2 heterocycles. The van der Waals surface area contributed by atoms with Crippen LogP contribution in [0.5, 0.6) is 0 Å². The Labute approximate surface area is 147 Å². The van der Waals surface area contributed by atoms with Gasteiger partial charge in [0.15, 0.2) is 0 Å². The van der Waals surface area contributed by atoms with Gasteiger partial charge in [-0.15, -0.1) is 0 Å². The number of hydrogen-bond acceptors (Lipinski definition) is 3. The second-order valence-corrected chi connectivity index (χ2v) is 6.38. The molecule has 0 spiro atoms. The highest BCUT2D eigenvalue weighted by atomic mass is 16.6. The summed E-state index contributed by atoms with van der Waals surface area (Å²) in [5.74, 6) is -0.130. The first-order valence-corrected chi connectivity index (χ1v) is 8.93. The van der Waals surface area contributed by atoms with Crippen molar-refractivity contribution in [3.05, 3.63) is 36.0 Å². The molecule has 1 fully saturated rings. The van der Waals surface area contributed by atoms with E-state index in [4.69, 9.17) is 4.74 Å². The van der Waals surface area contributed by atoms with Crippen molar-refractivity contribution >= 4 is 22.9 Å². The Morgan fingerprint density at radius 2 is 2.20 bits per heavy atom. The van der Waals surface area contributed by atoms with Crippen LogP contribution in [0.25, 0.3) is 10.9 Å². The first kappa shape index (κ1) is 17.3. The van der Waals surface area contributed by atoms with Gasteiger partial charge in [0.2, 0.25) is 5.91 Å². The molecular weight excluding hydrogens is 318 g/mol. The molecule has 1 aliphatic rings. The summed E-state index contributed by atoms with van der Waals surface area (Å²) in [5.41, 5.74) is 2.31. The van der Waals surface area contributed by atoms with E-state index in [1.807, 2.05) is 24.4 Å². The van der Waals surface area contributed by atoms with Crippen molar-refractivity contribution in [2.45, 2.75) is 26.2 Å². The van der Waals surface area contributed by atoms with Crippen LogP contribution in [0.2, 0.25) is 0 Å². The van der Waals surface area contributed by atoms with Crippen molar-refractivity contribution in [2.75, 3.05) is 26.2 Å². The first-order chi connectivity index (χ1) is 12.2. The number of H-pyrrole nitrogens is 1. The second-order valence-electron chi connectivity index (χ2n) is 6.38. The number of nitrogens with zero attached hydrogens (tertiary/aromatic N) is 1. The van der Waals surface area contributed by atoms with Crippen molar-refractivity contribution in [2.24, 2.45) is 5.92 Å². The van der Waals surface area contributed by atoms with Crippen molar-refractivity contribution in [3.8, 4) is 0 Å².